The molecule has 3 nitrogen and oxygen atoms in total. The Bertz CT molecular complexity index is 1100. The van der Waals surface area contributed by atoms with Gasteiger partial charge in [-0.15, -0.1) is 0 Å². The van der Waals surface area contributed by atoms with Gasteiger partial charge in [0.25, 0.3) is 0 Å². The molecule has 0 aliphatic carbocycles. The third-order valence-electron chi connectivity index (χ3n) is 3.81. The van der Waals surface area contributed by atoms with Crippen LogP contribution in [0.2, 0.25) is 0 Å². The molecule has 0 saturated heterocycles. The van der Waals surface area contributed by atoms with Crippen molar-refractivity contribution in [1.29, 1.82) is 10.5 Å². The van der Waals surface area contributed by atoms with E-state index < -0.39 is 11.7 Å². The van der Waals surface area contributed by atoms with E-state index in [9.17, 15) is 23.7 Å². The van der Waals surface area contributed by atoms with Gasteiger partial charge in [0.1, 0.15) is 0 Å². The summed E-state index contributed by atoms with van der Waals surface area (Å²) in [6, 6.07) is 13.0. The topological polar surface area (TPSA) is 60.5 Å². The molecule has 1 atom stereocenters. The van der Waals surface area contributed by atoms with Crippen LogP contribution < -0.4 is 4.48 Å². The van der Waals surface area contributed by atoms with Crippen LogP contribution in [0.5, 0.6) is 0 Å². The van der Waals surface area contributed by atoms with Gasteiger partial charge in [-0.2, -0.15) is 0 Å². The Labute approximate surface area is 176 Å². The minimum absolute atomic E-state index is 0.230. The zero-order chi connectivity index (χ0) is 20.3. The van der Waals surface area contributed by atoms with Crippen LogP contribution in [0.3, 0.4) is 0 Å². The average Bonchev–Trinajstić information content (AvgIpc) is 3.19. The summed E-state index contributed by atoms with van der Waals surface area (Å²) < 4.78 is 39.3. The number of alkyl halides is 3. The molecule has 0 bridgehead atoms. The summed E-state index contributed by atoms with van der Waals surface area (Å²) in [6.07, 6.45) is -4.41. The molecule has 0 amide bonds. The number of thiophene rings is 1. The van der Waals surface area contributed by atoms with Gasteiger partial charge in [-0.1, -0.05) is 0 Å². The fourth-order valence-corrected chi connectivity index (χ4v) is 5.19. The number of halogens is 3. The zero-order valence-corrected chi connectivity index (χ0v) is 18.2. The predicted molar refractivity (Wildman–Crippen MR) is 106 cm³/mol. The van der Waals surface area contributed by atoms with Crippen molar-refractivity contribution in [2.24, 2.45) is 0 Å². The van der Waals surface area contributed by atoms with E-state index in [1.807, 2.05) is 17.5 Å². The normalized spacial score (nSPS) is 11.1. The molecule has 0 aliphatic heterocycles. The van der Waals surface area contributed by atoms with Crippen molar-refractivity contribution >= 4 is 44.4 Å². The minimum atomic E-state index is -4.41. The number of nitrogens with zero attached hydrogens (tertiary/aromatic N) is 3. The molecule has 9 heteroatoms. The molecule has 0 N–H and O–H groups in total. The van der Waals surface area contributed by atoms with Crippen LogP contribution in [0.25, 0.3) is 10.4 Å². The van der Waals surface area contributed by atoms with Crippen molar-refractivity contribution < 1.29 is 13.2 Å². The van der Waals surface area contributed by atoms with Crippen molar-refractivity contribution in [2.75, 3.05) is 0 Å². The van der Waals surface area contributed by atoms with Gasteiger partial charge < -0.3 is 0 Å². The molecular weight excluding hydrogens is 466 g/mol. The number of nitriles is 2. The Hall–Kier alpha value is -2.25. The quantitative estimate of drug-likeness (QED) is 0.419. The van der Waals surface area contributed by atoms with E-state index in [0.717, 1.165) is 33.9 Å². The molecule has 28 heavy (non-hydrogen) atoms. The molecule has 140 valence electrons. The van der Waals surface area contributed by atoms with Crippen LogP contribution in [-0.2, 0) is 11.9 Å². The average molecular weight is 477 g/mol. The first kappa shape index (κ1) is 20.5. The van der Waals surface area contributed by atoms with E-state index >= 15 is 0 Å². The van der Waals surface area contributed by atoms with Gasteiger partial charge in [0.2, 0.25) is 0 Å². The molecule has 3 rings (SSSR count). The Morgan fingerprint density at radius 1 is 1.11 bits per heavy atom. The van der Waals surface area contributed by atoms with Crippen LogP contribution in [-0.4, -0.2) is 21.8 Å². The Balaban J connectivity index is 2.00. The van der Waals surface area contributed by atoms with E-state index in [1.165, 1.54) is 29.2 Å². The summed E-state index contributed by atoms with van der Waals surface area (Å²) in [5.74, 6) is 0.230. The standard InChI is InChI=1S/C19H11AsF3N3S2/c20-17-13(8-24)16(15-5-2-6-27-15)14(9-25)18(26-17)28-10-11-3-1-4-12(7-11)19(21,22)23/h1-7H,10,20H2. The second-order valence-corrected chi connectivity index (χ2v) is 8.67. The first-order chi connectivity index (χ1) is 13.3. The molecule has 0 radical (unpaired) electrons. The molecule has 3 aromatic rings. The third-order valence-corrected chi connectivity index (χ3v) is 6.62. The van der Waals surface area contributed by atoms with Crippen LogP contribution in [0, 0.1) is 22.7 Å². The van der Waals surface area contributed by atoms with Gasteiger partial charge in [-0.3, -0.25) is 0 Å². The fourth-order valence-electron chi connectivity index (χ4n) is 2.56. The number of aromatic nitrogens is 1. The van der Waals surface area contributed by atoms with Crippen molar-refractivity contribution in [1.82, 2.24) is 4.98 Å². The zero-order valence-electron chi connectivity index (χ0n) is 14.1. The van der Waals surface area contributed by atoms with Gasteiger partial charge in [0.05, 0.1) is 0 Å². The van der Waals surface area contributed by atoms with Gasteiger partial charge in [0.15, 0.2) is 0 Å². The monoisotopic (exact) mass is 477 g/mol. The summed E-state index contributed by atoms with van der Waals surface area (Å²) in [5, 5.41) is 21.5. The fraction of sp³-hybridized carbons (Fsp3) is 0.105. The summed E-state index contributed by atoms with van der Waals surface area (Å²) in [7, 11) is 0. The molecule has 0 fully saturated rings. The summed E-state index contributed by atoms with van der Waals surface area (Å²) >= 11 is 3.76. The van der Waals surface area contributed by atoms with E-state index in [4.69, 9.17) is 0 Å². The Morgan fingerprint density at radius 3 is 2.46 bits per heavy atom. The number of rotatable bonds is 4. The van der Waals surface area contributed by atoms with Crippen LogP contribution in [0.15, 0.2) is 46.8 Å². The first-order valence-corrected chi connectivity index (χ1v) is 10.9. The SMILES string of the molecule is N#Cc1c([AsH2])nc(SCc2cccc(C(F)(F)F)c2)c(C#N)c1-c1cccs1. The van der Waals surface area contributed by atoms with E-state index in [1.54, 1.807) is 6.07 Å². The number of benzene rings is 1. The van der Waals surface area contributed by atoms with E-state index in [0.29, 0.717) is 26.2 Å². The number of thioether (sulfide) groups is 1. The van der Waals surface area contributed by atoms with E-state index in [-0.39, 0.29) is 11.3 Å². The summed E-state index contributed by atoms with van der Waals surface area (Å²) in [6.45, 7) is 0. The van der Waals surface area contributed by atoms with Crippen molar-refractivity contribution in [2.45, 2.75) is 17.0 Å². The molecular formula is C19H11AsF3N3S2. The van der Waals surface area contributed by atoms with Gasteiger partial charge >= 0.3 is 177 Å². The number of hydrogen-bond donors (Lipinski definition) is 0. The molecule has 1 unspecified atom stereocenters. The maximum atomic E-state index is 12.9. The second-order valence-electron chi connectivity index (χ2n) is 5.61. The van der Waals surface area contributed by atoms with Crippen molar-refractivity contribution in [3.8, 4) is 22.6 Å². The molecule has 1 aromatic carbocycles. The molecule has 0 aliphatic rings. The first-order valence-electron chi connectivity index (χ1n) is 7.81. The van der Waals surface area contributed by atoms with Crippen LogP contribution in [0.4, 0.5) is 13.2 Å². The maximum absolute atomic E-state index is 12.9. The summed E-state index contributed by atoms with van der Waals surface area (Å²) in [4.78, 5) is 5.19. The Morgan fingerprint density at radius 2 is 1.86 bits per heavy atom. The van der Waals surface area contributed by atoms with Gasteiger partial charge in [0, 0.05) is 0 Å². The van der Waals surface area contributed by atoms with Crippen molar-refractivity contribution in [3.05, 3.63) is 64.0 Å². The predicted octanol–water partition coefficient (Wildman–Crippen LogP) is 4.12. The number of pyridine rings is 1. The Kier molecular flexibility index (Phi) is 6.15. The second kappa shape index (κ2) is 8.41. The molecule has 0 saturated carbocycles. The van der Waals surface area contributed by atoms with Crippen LogP contribution >= 0.6 is 23.1 Å². The third kappa shape index (κ3) is 4.25. The van der Waals surface area contributed by atoms with Gasteiger partial charge in [-0.25, -0.2) is 0 Å². The van der Waals surface area contributed by atoms with Crippen molar-refractivity contribution in [3.63, 3.8) is 0 Å². The molecule has 2 heterocycles. The molecule has 0 spiro atoms. The van der Waals surface area contributed by atoms with E-state index in [2.05, 4.69) is 17.1 Å². The van der Waals surface area contributed by atoms with Crippen LogP contribution in [0.1, 0.15) is 22.3 Å². The van der Waals surface area contributed by atoms with Gasteiger partial charge in [-0.05, 0) is 0 Å². The molecule has 2 aromatic heterocycles. The number of hydrogen-bond acceptors (Lipinski definition) is 5. The summed E-state index contributed by atoms with van der Waals surface area (Å²) in [5.41, 5.74) is 0.953.